The van der Waals surface area contributed by atoms with E-state index in [1.807, 2.05) is 12.1 Å². The number of carbonyl (C=O) groups is 1. The minimum Gasteiger partial charge on any atom is -0.338 e. The maximum absolute atomic E-state index is 11.8. The normalized spacial score (nSPS) is 15.0. The predicted molar refractivity (Wildman–Crippen MR) is 96.6 cm³/mol. The third-order valence-electron chi connectivity index (χ3n) is 4.06. The molecule has 1 aliphatic rings. The van der Waals surface area contributed by atoms with Gasteiger partial charge >= 0.3 is 6.03 Å². The molecule has 1 saturated heterocycles. The van der Waals surface area contributed by atoms with E-state index in [-0.39, 0.29) is 6.03 Å². The van der Waals surface area contributed by atoms with Gasteiger partial charge in [0, 0.05) is 51.3 Å². The number of piperazine rings is 1. The molecule has 25 heavy (non-hydrogen) atoms. The third-order valence-corrected chi connectivity index (χ3v) is 4.06. The lowest BCUT2D eigenvalue weighted by atomic mass is 10.3. The number of rotatable bonds is 6. The van der Waals surface area contributed by atoms with E-state index in [9.17, 15) is 4.79 Å². The number of aromatic nitrogens is 3. The zero-order chi connectivity index (χ0) is 17.3. The van der Waals surface area contributed by atoms with E-state index in [1.165, 1.54) is 0 Å². The number of anilines is 2. The van der Waals surface area contributed by atoms with Crippen molar-refractivity contribution in [1.29, 1.82) is 0 Å². The van der Waals surface area contributed by atoms with Gasteiger partial charge in [0.25, 0.3) is 0 Å². The van der Waals surface area contributed by atoms with E-state index >= 15 is 0 Å². The van der Waals surface area contributed by atoms with Gasteiger partial charge in [0.2, 0.25) is 5.95 Å². The first-order valence-electron chi connectivity index (χ1n) is 8.50. The van der Waals surface area contributed by atoms with Crippen LogP contribution in [-0.2, 0) is 0 Å². The van der Waals surface area contributed by atoms with Crippen LogP contribution in [-0.4, -0.2) is 65.2 Å². The van der Waals surface area contributed by atoms with E-state index < -0.39 is 0 Å². The summed E-state index contributed by atoms with van der Waals surface area (Å²) in [4.78, 5) is 28.9. The van der Waals surface area contributed by atoms with Crippen LogP contribution in [0.15, 0.2) is 43.0 Å². The Morgan fingerprint density at radius 3 is 2.60 bits per heavy atom. The summed E-state index contributed by atoms with van der Waals surface area (Å²) in [6, 6.07) is 5.23. The van der Waals surface area contributed by atoms with Crippen molar-refractivity contribution in [2.45, 2.75) is 6.42 Å². The number of pyridine rings is 1. The second-order valence-electron chi connectivity index (χ2n) is 5.85. The van der Waals surface area contributed by atoms with Gasteiger partial charge in [0.1, 0.15) is 0 Å². The second kappa shape index (κ2) is 8.93. The molecule has 0 atom stereocenters. The average Bonchev–Trinajstić information content (AvgIpc) is 2.67. The Labute approximate surface area is 147 Å². The SMILES string of the molecule is O=C(NCCCN1CCN(c2ncccn2)CC1)Nc1cccnc1. The molecule has 0 bridgehead atoms. The summed E-state index contributed by atoms with van der Waals surface area (Å²) in [5.41, 5.74) is 0.694. The number of hydrogen-bond acceptors (Lipinski definition) is 6. The van der Waals surface area contributed by atoms with Gasteiger partial charge < -0.3 is 15.5 Å². The van der Waals surface area contributed by atoms with Gasteiger partial charge in [-0.1, -0.05) is 0 Å². The largest absolute Gasteiger partial charge is 0.338 e. The smallest absolute Gasteiger partial charge is 0.319 e. The minimum absolute atomic E-state index is 0.195. The zero-order valence-corrected chi connectivity index (χ0v) is 14.1. The first-order valence-corrected chi connectivity index (χ1v) is 8.50. The molecule has 2 N–H and O–H groups in total. The van der Waals surface area contributed by atoms with Crippen LogP contribution in [0.4, 0.5) is 16.4 Å². The van der Waals surface area contributed by atoms with E-state index in [4.69, 9.17) is 0 Å². The van der Waals surface area contributed by atoms with Crippen LogP contribution >= 0.6 is 0 Å². The molecule has 0 aliphatic carbocycles. The van der Waals surface area contributed by atoms with Crippen LogP contribution in [0.5, 0.6) is 0 Å². The first kappa shape index (κ1) is 17.1. The van der Waals surface area contributed by atoms with Crippen molar-refractivity contribution in [2.24, 2.45) is 0 Å². The Kier molecular flexibility index (Phi) is 6.11. The average molecular weight is 341 g/mol. The highest BCUT2D eigenvalue weighted by Gasteiger charge is 2.18. The van der Waals surface area contributed by atoms with Crippen molar-refractivity contribution < 1.29 is 4.79 Å². The Bertz CT molecular complexity index is 645. The van der Waals surface area contributed by atoms with Crippen LogP contribution in [0.25, 0.3) is 0 Å². The minimum atomic E-state index is -0.195. The van der Waals surface area contributed by atoms with Crippen LogP contribution in [0, 0.1) is 0 Å². The molecule has 0 aromatic carbocycles. The molecule has 2 aromatic heterocycles. The number of hydrogen-bond donors (Lipinski definition) is 2. The quantitative estimate of drug-likeness (QED) is 0.768. The van der Waals surface area contributed by atoms with Crippen molar-refractivity contribution in [3.8, 4) is 0 Å². The van der Waals surface area contributed by atoms with E-state index in [0.29, 0.717) is 12.2 Å². The maximum atomic E-state index is 11.8. The lowest BCUT2D eigenvalue weighted by Gasteiger charge is -2.34. The lowest BCUT2D eigenvalue weighted by molar-refractivity contribution is 0.244. The summed E-state index contributed by atoms with van der Waals surface area (Å²) >= 11 is 0. The van der Waals surface area contributed by atoms with Crippen molar-refractivity contribution in [3.05, 3.63) is 43.0 Å². The molecule has 1 fully saturated rings. The molecule has 1 aliphatic heterocycles. The summed E-state index contributed by atoms with van der Waals surface area (Å²) in [5.74, 6) is 0.802. The topological polar surface area (TPSA) is 86.3 Å². The highest BCUT2D eigenvalue weighted by molar-refractivity contribution is 5.88. The molecular formula is C17H23N7O. The van der Waals surface area contributed by atoms with Gasteiger partial charge in [-0.25, -0.2) is 14.8 Å². The molecule has 0 saturated carbocycles. The Balaban J connectivity index is 1.29. The van der Waals surface area contributed by atoms with E-state index in [2.05, 4.69) is 35.4 Å². The molecule has 3 heterocycles. The monoisotopic (exact) mass is 341 g/mol. The van der Waals surface area contributed by atoms with Crippen LogP contribution in [0.2, 0.25) is 0 Å². The molecule has 132 valence electrons. The number of nitrogens with zero attached hydrogens (tertiary/aromatic N) is 5. The highest BCUT2D eigenvalue weighted by atomic mass is 16.2. The molecule has 2 aromatic rings. The second-order valence-corrected chi connectivity index (χ2v) is 5.85. The van der Waals surface area contributed by atoms with Gasteiger partial charge in [-0.15, -0.1) is 0 Å². The summed E-state index contributed by atoms with van der Waals surface area (Å²) in [7, 11) is 0. The maximum Gasteiger partial charge on any atom is 0.319 e. The Morgan fingerprint density at radius 2 is 1.88 bits per heavy atom. The van der Waals surface area contributed by atoms with Crippen LogP contribution in [0.3, 0.4) is 0 Å². The van der Waals surface area contributed by atoms with E-state index in [0.717, 1.165) is 45.1 Å². The third kappa shape index (κ3) is 5.39. The highest BCUT2D eigenvalue weighted by Crippen LogP contribution is 2.09. The van der Waals surface area contributed by atoms with Crippen molar-refractivity contribution >= 4 is 17.7 Å². The first-order chi connectivity index (χ1) is 12.3. The standard InChI is InChI=1S/C17H23N7O/c25-17(22-15-4-1-5-18-14-15)21-8-3-9-23-10-12-24(13-11-23)16-19-6-2-7-20-16/h1-2,4-7,14H,3,8-13H2,(H2,21,22,25). The summed E-state index contributed by atoms with van der Waals surface area (Å²) in [6.45, 7) is 5.45. The van der Waals surface area contributed by atoms with Crippen molar-refractivity contribution in [3.63, 3.8) is 0 Å². The van der Waals surface area contributed by atoms with Gasteiger partial charge in [-0.05, 0) is 31.2 Å². The molecule has 3 rings (SSSR count). The molecule has 8 nitrogen and oxygen atoms in total. The molecular weight excluding hydrogens is 318 g/mol. The lowest BCUT2D eigenvalue weighted by Crippen LogP contribution is -2.47. The molecule has 0 spiro atoms. The Morgan fingerprint density at radius 1 is 1.08 bits per heavy atom. The zero-order valence-electron chi connectivity index (χ0n) is 14.1. The van der Waals surface area contributed by atoms with Gasteiger partial charge in [0.15, 0.2) is 0 Å². The molecule has 0 unspecified atom stereocenters. The van der Waals surface area contributed by atoms with Gasteiger partial charge in [-0.3, -0.25) is 9.88 Å². The van der Waals surface area contributed by atoms with Gasteiger partial charge in [0.05, 0.1) is 11.9 Å². The van der Waals surface area contributed by atoms with Crippen LogP contribution < -0.4 is 15.5 Å². The fourth-order valence-electron chi connectivity index (χ4n) is 2.74. The number of urea groups is 1. The predicted octanol–water partition coefficient (Wildman–Crippen LogP) is 1.21. The molecule has 8 heteroatoms. The molecule has 2 amide bonds. The summed E-state index contributed by atoms with van der Waals surface area (Å²) < 4.78 is 0. The fraction of sp³-hybridized carbons (Fsp3) is 0.412. The van der Waals surface area contributed by atoms with Crippen molar-refractivity contribution in [1.82, 2.24) is 25.2 Å². The summed E-state index contributed by atoms with van der Waals surface area (Å²) in [6.07, 6.45) is 7.76. The van der Waals surface area contributed by atoms with Gasteiger partial charge in [-0.2, -0.15) is 0 Å². The fourth-order valence-corrected chi connectivity index (χ4v) is 2.74. The summed E-state index contributed by atoms with van der Waals surface area (Å²) in [5, 5.41) is 5.63. The van der Waals surface area contributed by atoms with Crippen LogP contribution in [0.1, 0.15) is 6.42 Å². The number of nitrogens with one attached hydrogen (secondary N) is 2. The number of amides is 2. The van der Waals surface area contributed by atoms with Crippen molar-refractivity contribution in [2.75, 3.05) is 49.5 Å². The van der Waals surface area contributed by atoms with E-state index in [1.54, 1.807) is 30.9 Å². The Hall–Kier alpha value is -2.74. The molecule has 0 radical (unpaired) electrons. The number of carbonyl (C=O) groups excluding carboxylic acids is 1.